The smallest absolute Gasteiger partial charge is 0.163 e. The number of aromatic hydroxyl groups is 1. The molecule has 0 fully saturated rings. The van der Waals surface area contributed by atoms with Crippen LogP contribution in [0, 0.1) is 6.92 Å². The lowest BCUT2D eigenvalue weighted by molar-refractivity contribution is -0.134. The minimum Gasteiger partial charge on any atom is -0.508 e. The first-order valence-electron chi connectivity index (χ1n) is 6.27. The van der Waals surface area contributed by atoms with Crippen LogP contribution in [0.3, 0.4) is 0 Å². The van der Waals surface area contributed by atoms with Gasteiger partial charge in [0.15, 0.2) is 5.78 Å². The van der Waals surface area contributed by atoms with Crippen molar-refractivity contribution in [2.24, 2.45) is 0 Å². The monoisotopic (exact) mass is 250 g/mol. The topological polar surface area (TPSA) is 57.5 Å². The zero-order valence-corrected chi connectivity index (χ0v) is 11.5. The quantitative estimate of drug-likeness (QED) is 0.844. The highest BCUT2D eigenvalue weighted by Crippen LogP contribution is 2.30. The third kappa shape index (κ3) is 3.84. The van der Waals surface area contributed by atoms with Gasteiger partial charge in [-0.2, -0.15) is 0 Å². The van der Waals surface area contributed by atoms with Crippen molar-refractivity contribution in [3.63, 3.8) is 0 Å². The summed E-state index contributed by atoms with van der Waals surface area (Å²) in [5.74, 6) is 0.205. The summed E-state index contributed by atoms with van der Waals surface area (Å²) in [6.45, 7) is 6.90. The molecule has 0 unspecified atom stereocenters. The van der Waals surface area contributed by atoms with Crippen LogP contribution in [0.2, 0.25) is 0 Å². The van der Waals surface area contributed by atoms with E-state index in [-0.39, 0.29) is 17.5 Å². The molecule has 0 aliphatic rings. The van der Waals surface area contributed by atoms with E-state index < -0.39 is 5.60 Å². The van der Waals surface area contributed by atoms with Gasteiger partial charge in [-0.15, -0.1) is 0 Å². The molecule has 0 spiro atoms. The van der Waals surface area contributed by atoms with Gasteiger partial charge in [0, 0.05) is 6.42 Å². The summed E-state index contributed by atoms with van der Waals surface area (Å²) in [6.07, 6.45) is 0.942. The number of aryl methyl sites for hydroxylation is 1. The zero-order chi connectivity index (χ0) is 13.9. The summed E-state index contributed by atoms with van der Waals surface area (Å²) in [5.41, 5.74) is 0.592. The third-order valence-corrected chi connectivity index (χ3v) is 3.20. The van der Waals surface area contributed by atoms with Gasteiger partial charge in [0.05, 0.1) is 0 Å². The van der Waals surface area contributed by atoms with E-state index in [9.17, 15) is 15.0 Å². The summed E-state index contributed by atoms with van der Waals surface area (Å²) < 4.78 is 0. The number of aliphatic hydroxyl groups is 1. The predicted octanol–water partition coefficient (Wildman–Crippen LogP) is 2.92. The minimum atomic E-state index is -1.27. The molecule has 100 valence electrons. The van der Waals surface area contributed by atoms with Gasteiger partial charge in [-0.3, -0.25) is 4.79 Å². The van der Waals surface area contributed by atoms with Crippen LogP contribution >= 0.6 is 0 Å². The SMILES string of the molecule is Cc1ccc([C@@H](C)CCC(=O)C(C)(C)O)c(O)c1. The van der Waals surface area contributed by atoms with Gasteiger partial charge in [-0.25, -0.2) is 0 Å². The van der Waals surface area contributed by atoms with Crippen molar-refractivity contribution < 1.29 is 15.0 Å². The van der Waals surface area contributed by atoms with Gasteiger partial charge in [0.2, 0.25) is 0 Å². The van der Waals surface area contributed by atoms with E-state index in [0.717, 1.165) is 11.1 Å². The first-order valence-corrected chi connectivity index (χ1v) is 6.27. The number of carbonyl (C=O) groups excluding carboxylic acids is 1. The van der Waals surface area contributed by atoms with Gasteiger partial charge in [-0.1, -0.05) is 19.1 Å². The molecule has 0 bridgehead atoms. The minimum absolute atomic E-state index is 0.0944. The third-order valence-electron chi connectivity index (χ3n) is 3.20. The standard InChI is InChI=1S/C15H22O3/c1-10-5-7-12(13(16)9-10)11(2)6-8-14(17)15(3,4)18/h5,7,9,11,16,18H,6,8H2,1-4H3/t11-/m0/s1. The molecule has 2 N–H and O–H groups in total. The molecule has 0 aliphatic carbocycles. The lowest BCUT2D eigenvalue weighted by Crippen LogP contribution is -2.31. The van der Waals surface area contributed by atoms with Gasteiger partial charge in [-0.05, 0) is 50.3 Å². The Balaban J connectivity index is 2.66. The number of hydrogen-bond acceptors (Lipinski definition) is 3. The Labute approximate surface area is 108 Å². The van der Waals surface area contributed by atoms with Crippen molar-refractivity contribution in [1.82, 2.24) is 0 Å². The summed E-state index contributed by atoms with van der Waals surface area (Å²) >= 11 is 0. The number of benzene rings is 1. The van der Waals surface area contributed by atoms with Gasteiger partial charge < -0.3 is 10.2 Å². The molecule has 3 nitrogen and oxygen atoms in total. The van der Waals surface area contributed by atoms with Gasteiger partial charge in [0.25, 0.3) is 0 Å². The van der Waals surface area contributed by atoms with E-state index in [1.807, 2.05) is 26.0 Å². The Morgan fingerprint density at radius 3 is 2.50 bits per heavy atom. The highest BCUT2D eigenvalue weighted by Gasteiger charge is 2.24. The molecule has 1 atom stereocenters. The number of phenolic OH excluding ortho intramolecular Hbond substituents is 1. The van der Waals surface area contributed by atoms with Crippen LogP contribution < -0.4 is 0 Å². The lowest BCUT2D eigenvalue weighted by Gasteiger charge is -2.18. The fourth-order valence-electron chi connectivity index (χ4n) is 1.88. The molecule has 0 saturated heterocycles. The second-order valence-corrected chi connectivity index (χ2v) is 5.48. The molecular formula is C15H22O3. The normalized spacial score (nSPS) is 13.4. The van der Waals surface area contributed by atoms with E-state index in [0.29, 0.717) is 12.8 Å². The van der Waals surface area contributed by atoms with Crippen molar-refractivity contribution >= 4 is 5.78 Å². The van der Waals surface area contributed by atoms with E-state index in [4.69, 9.17) is 0 Å². The average molecular weight is 250 g/mol. The molecule has 0 radical (unpaired) electrons. The average Bonchev–Trinajstić information content (AvgIpc) is 2.24. The number of ketones is 1. The summed E-state index contributed by atoms with van der Waals surface area (Å²) in [5, 5.41) is 19.4. The molecule has 0 heterocycles. The maximum absolute atomic E-state index is 11.6. The van der Waals surface area contributed by atoms with Crippen molar-refractivity contribution in [2.75, 3.05) is 0 Å². The predicted molar refractivity (Wildman–Crippen MR) is 71.8 cm³/mol. The Kier molecular flexibility index (Phi) is 4.52. The Bertz CT molecular complexity index is 430. The zero-order valence-electron chi connectivity index (χ0n) is 11.5. The number of hydrogen-bond donors (Lipinski definition) is 2. The lowest BCUT2D eigenvalue weighted by atomic mass is 9.90. The van der Waals surface area contributed by atoms with E-state index in [1.54, 1.807) is 6.07 Å². The molecule has 3 heteroatoms. The Hall–Kier alpha value is -1.35. The first-order chi connectivity index (χ1) is 8.21. The maximum atomic E-state index is 11.6. The molecule has 0 amide bonds. The maximum Gasteiger partial charge on any atom is 0.163 e. The second-order valence-electron chi connectivity index (χ2n) is 5.48. The van der Waals surface area contributed by atoms with Crippen LogP contribution in [0.15, 0.2) is 18.2 Å². The van der Waals surface area contributed by atoms with E-state index in [1.165, 1.54) is 13.8 Å². The molecule has 1 rings (SSSR count). The molecule has 0 aliphatic heterocycles. The molecule has 18 heavy (non-hydrogen) atoms. The molecule has 1 aromatic rings. The summed E-state index contributed by atoms with van der Waals surface area (Å²) in [6, 6.07) is 5.57. The fraction of sp³-hybridized carbons (Fsp3) is 0.533. The Morgan fingerprint density at radius 2 is 2.00 bits per heavy atom. The first kappa shape index (κ1) is 14.7. The molecule has 0 saturated carbocycles. The van der Waals surface area contributed by atoms with Crippen LogP contribution in [-0.2, 0) is 4.79 Å². The Morgan fingerprint density at radius 1 is 1.39 bits per heavy atom. The highest BCUT2D eigenvalue weighted by molar-refractivity contribution is 5.86. The number of Topliss-reactive ketones (excluding diaryl/α,β-unsaturated/α-hetero) is 1. The van der Waals surface area contributed by atoms with Crippen molar-refractivity contribution in [2.45, 2.75) is 52.1 Å². The van der Waals surface area contributed by atoms with Crippen molar-refractivity contribution in [3.05, 3.63) is 29.3 Å². The van der Waals surface area contributed by atoms with E-state index in [2.05, 4.69) is 0 Å². The van der Waals surface area contributed by atoms with Gasteiger partial charge >= 0.3 is 0 Å². The van der Waals surface area contributed by atoms with Crippen molar-refractivity contribution in [1.29, 1.82) is 0 Å². The van der Waals surface area contributed by atoms with Crippen LogP contribution in [-0.4, -0.2) is 21.6 Å². The number of phenols is 1. The van der Waals surface area contributed by atoms with Crippen LogP contribution in [0.1, 0.15) is 50.7 Å². The van der Waals surface area contributed by atoms with E-state index >= 15 is 0 Å². The second kappa shape index (κ2) is 5.53. The van der Waals surface area contributed by atoms with Crippen LogP contribution in [0.4, 0.5) is 0 Å². The molecular weight excluding hydrogens is 228 g/mol. The summed E-state index contributed by atoms with van der Waals surface area (Å²) in [4.78, 5) is 11.6. The largest absolute Gasteiger partial charge is 0.508 e. The van der Waals surface area contributed by atoms with Gasteiger partial charge in [0.1, 0.15) is 11.4 Å². The number of carbonyl (C=O) groups is 1. The fourth-order valence-corrected chi connectivity index (χ4v) is 1.88. The molecule has 1 aromatic carbocycles. The highest BCUT2D eigenvalue weighted by atomic mass is 16.3. The van der Waals surface area contributed by atoms with Crippen LogP contribution in [0.5, 0.6) is 5.75 Å². The summed E-state index contributed by atoms with van der Waals surface area (Å²) in [7, 11) is 0. The number of rotatable bonds is 5. The van der Waals surface area contributed by atoms with Crippen LogP contribution in [0.25, 0.3) is 0 Å². The van der Waals surface area contributed by atoms with Crippen molar-refractivity contribution in [3.8, 4) is 5.75 Å². The molecule has 0 aromatic heterocycles.